The average Bonchev–Trinajstić information content (AvgIpc) is 2.30. The lowest BCUT2D eigenvalue weighted by molar-refractivity contribution is 0.134. The molecule has 5 nitrogen and oxygen atoms in total. The zero-order chi connectivity index (χ0) is 11.4. The monoisotopic (exact) mass is 221 g/mol. The number of para-hydroxylation sites is 1. The molecule has 0 aromatic heterocycles. The second-order valence-electron chi connectivity index (χ2n) is 3.73. The van der Waals surface area contributed by atoms with Gasteiger partial charge in [0.1, 0.15) is 0 Å². The van der Waals surface area contributed by atoms with Crippen LogP contribution in [0.3, 0.4) is 0 Å². The molecule has 1 aromatic rings. The number of hydrogen-bond donors (Lipinski definition) is 2. The highest BCUT2D eigenvalue weighted by Gasteiger charge is 2.17. The van der Waals surface area contributed by atoms with Gasteiger partial charge in [-0.1, -0.05) is 18.2 Å². The summed E-state index contributed by atoms with van der Waals surface area (Å²) in [4.78, 5) is 12.7. The number of benzene rings is 1. The molecule has 1 aliphatic heterocycles. The van der Waals surface area contributed by atoms with E-state index in [1.54, 1.807) is 5.01 Å². The lowest BCUT2D eigenvalue weighted by atomic mass is 10.2. The highest BCUT2D eigenvalue weighted by molar-refractivity contribution is 5.63. The third-order valence-electron chi connectivity index (χ3n) is 2.65. The Hall–Kier alpha value is -1.75. The summed E-state index contributed by atoms with van der Waals surface area (Å²) in [7, 11) is 0. The first kappa shape index (κ1) is 10.8. The highest BCUT2D eigenvalue weighted by atomic mass is 16.4. The minimum atomic E-state index is -0.992. The molecule has 86 valence electrons. The molecule has 16 heavy (non-hydrogen) atoms. The van der Waals surface area contributed by atoms with Crippen molar-refractivity contribution in [3.05, 3.63) is 30.3 Å². The zero-order valence-corrected chi connectivity index (χ0v) is 8.97. The van der Waals surface area contributed by atoms with E-state index in [4.69, 9.17) is 5.11 Å². The first-order chi connectivity index (χ1) is 7.75. The van der Waals surface area contributed by atoms with Crippen LogP contribution in [0.4, 0.5) is 10.5 Å². The number of hydrazine groups is 1. The average molecular weight is 221 g/mol. The van der Waals surface area contributed by atoms with Crippen molar-refractivity contribution in [3.63, 3.8) is 0 Å². The Balaban J connectivity index is 1.88. The Morgan fingerprint density at radius 2 is 1.75 bits per heavy atom. The van der Waals surface area contributed by atoms with E-state index in [2.05, 4.69) is 22.5 Å². The fraction of sp³-hybridized carbons (Fsp3) is 0.364. The first-order valence-corrected chi connectivity index (χ1v) is 5.30. The van der Waals surface area contributed by atoms with Gasteiger partial charge >= 0.3 is 6.09 Å². The van der Waals surface area contributed by atoms with Crippen LogP contribution in [0.1, 0.15) is 0 Å². The smallest absolute Gasteiger partial charge is 0.419 e. The summed E-state index contributed by atoms with van der Waals surface area (Å²) in [5.41, 5.74) is 3.57. The van der Waals surface area contributed by atoms with Crippen molar-refractivity contribution in [2.24, 2.45) is 0 Å². The van der Waals surface area contributed by atoms with Gasteiger partial charge < -0.3 is 10.0 Å². The number of rotatable bonds is 2. The zero-order valence-electron chi connectivity index (χ0n) is 8.97. The number of anilines is 1. The van der Waals surface area contributed by atoms with Crippen LogP contribution in [0, 0.1) is 0 Å². The fourth-order valence-electron chi connectivity index (χ4n) is 1.85. The molecule has 0 saturated carbocycles. The van der Waals surface area contributed by atoms with Crippen LogP contribution in [0.15, 0.2) is 30.3 Å². The first-order valence-electron chi connectivity index (χ1n) is 5.30. The molecule has 2 rings (SSSR count). The summed E-state index contributed by atoms with van der Waals surface area (Å²) in [6.07, 6.45) is -0.992. The van der Waals surface area contributed by atoms with Gasteiger partial charge in [-0.2, -0.15) is 0 Å². The summed E-state index contributed by atoms with van der Waals surface area (Å²) in [6, 6.07) is 10.2. The van der Waals surface area contributed by atoms with Crippen LogP contribution >= 0.6 is 0 Å². The van der Waals surface area contributed by atoms with Crippen molar-refractivity contribution < 1.29 is 9.90 Å². The molecule has 1 amide bonds. The quantitative estimate of drug-likeness (QED) is 0.782. The third-order valence-corrected chi connectivity index (χ3v) is 2.65. The third kappa shape index (κ3) is 2.64. The van der Waals surface area contributed by atoms with E-state index in [0.29, 0.717) is 13.1 Å². The van der Waals surface area contributed by atoms with Crippen molar-refractivity contribution in [3.8, 4) is 0 Å². The summed E-state index contributed by atoms with van der Waals surface area (Å²) in [5.74, 6) is 0. The number of amides is 1. The van der Waals surface area contributed by atoms with Crippen molar-refractivity contribution in [1.82, 2.24) is 10.4 Å². The van der Waals surface area contributed by atoms with Crippen molar-refractivity contribution >= 4 is 11.8 Å². The van der Waals surface area contributed by atoms with E-state index < -0.39 is 6.09 Å². The molecule has 1 aromatic carbocycles. The standard InChI is InChI=1S/C11H15N3O2/c15-11(16)12-14-8-6-13(7-9-14)10-4-2-1-3-5-10/h1-5,12H,6-9H2,(H,15,16). The summed E-state index contributed by atoms with van der Waals surface area (Å²) >= 11 is 0. The molecule has 1 fully saturated rings. The maximum absolute atomic E-state index is 10.5. The second kappa shape index (κ2) is 4.85. The Bertz CT molecular complexity index is 348. The molecule has 1 heterocycles. The lowest BCUT2D eigenvalue weighted by Crippen LogP contribution is -2.53. The Kier molecular flexibility index (Phi) is 3.26. The summed E-state index contributed by atoms with van der Waals surface area (Å²) in [5, 5.41) is 10.3. The molecule has 0 aliphatic carbocycles. The van der Waals surface area contributed by atoms with E-state index in [1.807, 2.05) is 18.2 Å². The maximum atomic E-state index is 10.5. The fourth-order valence-corrected chi connectivity index (χ4v) is 1.85. The molecule has 0 spiro atoms. The minimum Gasteiger partial charge on any atom is -0.464 e. The molecular formula is C11H15N3O2. The van der Waals surface area contributed by atoms with Crippen LogP contribution in [0.2, 0.25) is 0 Å². The number of hydrogen-bond acceptors (Lipinski definition) is 3. The van der Waals surface area contributed by atoms with E-state index in [9.17, 15) is 4.79 Å². The molecule has 1 saturated heterocycles. The van der Waals surface area contributed by atoms with E-state index in [1.165, 1.54) is 5.69 Å². The van der Waals surface area contributed by atoms with Crippen LogP contribution < -0.4 is 10.3 Å². The van der Waals surface area contributed by atoms with Gasteiger partial charge in [-0.15, -0.1) is 0 Å². The number of carboxylic acid groups (broad SMARTS) is 1. The number of carbonyl (C=O) groups is 1. The van der Waals surface area contributed by atoms with Gasteiger partial charge in [0.15, 0.2) is 0 Å². The molecule has 5 heteroatoms. The van der Waals surface area contributed by atoms with Crippen LogP contribution in [0.25, 0.3) is 0 Å². The Morgan fingerprint density at radius 1 is 1.12 bits per heavy atom. The number of nitrogens with zero attached hydrogens (tertiary/aromatic N) is 2. The van der Waals surface area contributed by atoms with Crippen molar-refractivity contribution in [2.45, 2.75) is 0 Å². The molecule has 2 N–H and O–H groups in total. The normalized spacial score (nSPS) is 17.1. The SMILES string of the molecule is O=C(O)NN1CCN(c2ccccc2)CC1. The minimum absolute atomic E-state index is 0.710. The molecule has 0 radical (unpaired) electrons. The predicted molar refractivity (Wildman–Crippen MR) is 61.4 cm³/mol. The van der Waals surface area contributed by atoms with Gasteiger partial charge in [-0.05, 0) is 12.1 Å². The van der Waals surface area contributed by atoms with Crippen LogP contribution in [-0.4, -0.2) is 42.4 Å². The van der Waals surface area contributed by atoms with Gasteiger partial charge in [0.05, 0.1) is 0 Å². The summed E-state index contributed by atoms with van der Waals surface area (Å²) in [6.45, 7) is 3.09. The number of piperazine rings is 1. The van der Waals surface area contributed by atoms with Gasteiger partial charge in [0, 0.05) is 31.9 Å². The second-order valence-corrected chi connectivity index (χ2v) is 3.73. The van der Waals surface area contributed by atoms with Crippen molar-refractivity contribution in [1.29, 1.82) is 0 Å². The topological polar surface area (TPSA) is 55.8 Å². The number of nitrogens with one attached hydrogen (secondary N) is 1. The highest BCUT2D eigenvalue weighted by Crippen LogP contribution is 2.14. The molecule has 1 aliphatic rings. The van der Waals surface area contributed by atoms with Gasteiger partial charge in [-0.3, -0.25) is 5.43 Å². The Labute approximate surface area is 94.2 Å². The van der Waals surface area contributed by atoms with E-state index >= 15 is 0 Å². The van der Waals surface area contributed by atoms with Gasteiger partial charge in [0.2, 0.25) is 0 Å². The lowest BCUT2D eigenvalue weighted by Gasteiger charge is -2.35. The van der Waals surface area contributed by atoms with Crippen LogP contribution in [0.5, 0.6) is 0 Å². The maximum Gasteiger partial charge on any atom is 0.419 e. The molecule has 0 unspecified atom stereocenters. The molecule has 0 bridgehead atoms. The van der Waals surface area contributed by atoms with Crippen LogP contribution in [-0.2, 0) is 0 Å². The predicted octanol–water partition coefficient (Wildman–Crippen LogP) is 0.991. The molecular weight excluding hydrogens is 206 g/mol. The van der Waals surface area contributed by atoms with Crippen molar-refractivity contribution in [2.75, 3.05) is 31.1 Å². The van der Waals surface area contributed by atoms with Gasteiger partial charge in [0.25, 0.3) is 0 Å². The van der Waals surface area contributed by atoms with Gasteiger partial charge in [-0.25, -0.2) is 9.80 Å². The molecule has 0 atom stereocenters. The van der Waals surface area contributed by atoms with E-state index in [0.717, 1.165) is 13.1 Å². The largest absolute Gasteiger partial charge is 0.464 e. The van der Waals surface area contributed by atoms with E-state index in [-0.39, 0.29) is 0 Å². The Morgan fingerprint density at radius 3 is 2.31 bits per heavy atom. The summed E-state index contributed by atoms with van der Waals surface area (Å²) < 4.78 is 0.